The average Bonchev–Trinajstić information content (AvgIpc) is 3.59. The Morgan fingerprint density at radius 1 is 1.08 bits per heavy atom. The van der Waals surface area contributed by atoms with Crippen LogP contribution in [-0.4, -0.2) is 50.8 Å². The number of likely N-dealkylation sites (tertiary alicyclic amines) is 1. The molecule has 196 valence electrons. The first-order valence-electron chi connectivity index (χ1n) is 13.6. The second kappa shape index (κ2) is 11.1. The molecule has 2 fully saturated rings. The first-order chi connectivity index (χ1) is 18.0. The van der Waals surface area contributed by atoms with Crippen molar-refractivity contribution < 1.29 is 14.0 Å². The van der Waals surface area contributed by atoms with Crippen molar-refractivity contribution in [2.45, 2.75) is 70.4 Å². The predicted molar refractivity (Wildman–Crippen MR) is 141 cm³/mol. The molecule has 2 aromatic heterocycles. The SMILES string of the molecule is CNC(C)C(=O)CC(C(=O)N1CCCC1c1ccnc(-n2cnc3ccccc32)c1F)C1CCCCC1. The molecular formula is C29H36FN5O2. The molecule has 3 atom stereocenters. The molecule has 8 heteroatoms. The fourth-order valence-electron chi connectivity index (χ4n) is 6.11. The number of nitrogens with one attached hydrogen (secondary N) is 1. The van der Waals surface area contributed by atoms with E-state index < -0.39 is 5.82 Å². The normalized spacial score (nSPS) is 20.3. The Morgan fingerprint density at radius 3 is 2.65 bits per heavy atom. The number of fused-ring (bicyclic) bond motifs is 1. The number of rotatable bonds is 8. The number of carbonyl (C=O) groups excluding carboxylic acids is 2. The van der Waals surface area contributed by atoms with E-state index in [1.807, 2.05) is 36.1 Å². The Kier molecular flexibility index (Phi) is 7.65. The number of para-hydroxylation sites is 2. The van der Waals surface area contributed by atoms with Crippen LogP contribution in [0.4, 0.5) is 4.39 Å². The van der Waals surface area contributed by atoms with Gasteiger partial charge in [-0.2, -0.15) is 0 Å². The molecule has 3 unspecified atom stereocenters. The van der Waals surface area contributed by atoms with Crippen LogP contribution in [0.3, 0.4) is 0 Å². The van der Waals surface area contributed by atoms with Crippen LogP contribution >= 0.6 is 0 Å². The number of benzene rings is 1. The van der Waals surface area contributed by atoms with Crippen molar-refractivity contribution in [2.24, 2.45) is 11.8 Å². The molecule has 1 saturated carbocycles. The van der Waals surface area contributed by atoms with Crippen LogP contribution in [0.5, 0.6) is 0 Å². The number of ketones is 1. The van der Waals surface area contributed by atoms with Crippen LogP contribution in [0.2, 0.25) is 0 Å². The summed E-state index contributed by atoms with van der Waals surface area (Å²) in [6, 6.07) is 8.59. The maximum atomic E-state index is 16.1. The molecule has 3 aromatic rings. The third-order valence-electron chi connectivity index (χ3n) is 8.35. The van der Waals surface area contributed by atoms with E-state index >= 15 is 4.39 Å². The second-order valence-electron chi connectivity index (χ2n) is 10.5. The van der Waals surface area contributed by atoms with Gasteiger partial charge < -0.3 is 10.2 Å². The molecule has 5 rings (SSSR count). The number of pyridine rings is 1. The largest absolute Gasteiger partial charge is 0.335 e. The number of nitrogens with zero attached hydrogens (tertiary/aromatic N) is 4. The Hall–Kier alpha value is -3.13. The van der Waals surface area contributed by atoms with Crippen LogP contribution in [0.25, 0.3) is 16.9 Å². The molecule has 1 amide bonds. The van der Waals surface area contributed by atoms with E-state index in [-0.39, 0.29) is 47.8 Å². The lowest BCUT2D eigenvalue weighted by molar-refractivity contribution is -0.141. The second-order valence-corrected chi connectivity index (χ2v) is 10.5. The van der Waals surface area contributed by atoms with Gasteiger partial charge in [0.15, 0.2) is 11.6 Å². The number of Topliss-reactive ketones (excluding diaryl/α,β-unsaturated/α-hetero) is 1. The molecule has 0 radical (unpaired) electrons. The molecule has 0 bridgehead atoms. The zero-order chi connectivity index (χ0) is 25.9. The summed E-state index contributed by atoms with van der Waals surface area (Å²) in [7, 11) is 1.77. The van der Waals surface area contributed by atoms with Gasteiger partial charge in [-0.05, 0) is 63.8 Å². The number of halogens is 1. The maximum Gasteiger partial charge on any atom is 0.226 e. The van der Waals surface area contributed by atoms with E-state index in [9.17, 15) is 9.59 Å². The molecular weight excluding hydrogens is 469 g/mol. The van der Waals surface area contributed by atoms with Crippen LogP contribution in [-0.2, 0) is 9.59 Å². The van der Waals surface area contributed by atoms with Crippen molar-refractivity contribution >= 4 is 22.7 Å². The van der Waals surface area contributed by atoms with Gasteiger partial charge in [-0.1, -0.05) is 31.4 Å². The summed E-state index contributed by atoms with van der Waals surface area (Å²) in [6.07, 6.45) is 10.2. The highest BCUT2D eigenvalue weighted by Gasteiger charge is 2.40. The molecule has 1 saturated heterocycles. The van der Waals surface area contributed by atoms with Crippen molar-refractivity contribution in [2.75, 3.05) is 13.6 Å². The summed E-state index contributed by atoms with van der Waals surface area (Å²) in [5.74, 6) is -0.336. The summed E-state index contributed by atoms with van der Waals surface area (Å²) < 4.78 is 17.7. The molecule has 3 heterocycles. The van der Waals surface area contributed by atoms with Gasteiger partial charge in [-0.3, -0.25) is 14.2 Å². The molecule has 37 heavy (non-hydrogen) atoms. The first kappa shape index (κ1) is 25.5. The molecule has 1 aliphatic carbocycles. The summed E-state index contributed by atoms with van der Waals surface area (Å²) >= 11 is 0. The summed E-state index contributed by atoms with van der Waals surface area (Å²) in [5.41, 5.74) is 2.02. The standard InChI is InChI=1S/C29H36FN5O2/c1-19(31-2)26(36)17-22(20-9-4-3-5-10-20)29(37)34-16-8-13-24(34)21-14-15-32-28(27(21)30)35-18-33-23-11-6-7-12-25(23)35/h6-7,11-12,14-15,18-20,22,24,31H,3-5,8-10,13,16-17H2,1-2H3. The van der Waals surface area contributed by atoms with E-state index in [1.165, 1.54) is 6.42 Å². The minimum Gasteiger partial charge on any atom is -0.335 e. The molecule has 0 spiro atoms. The molecule has 1 aliphatic heterocycles. The zero-order valence-electron chi connectivity index (χ0n) is 21.7. The summed E-state index contributed by atoms with van der Waals surface area (Å²) in [6.45, 7) is 2.42. The maximum absolute atomic E-state index is 16.1. The van der Waals surface area contributed by atoms with E-state index in [0.29, 0.717) is 18.5 Å². The van der Waals surface area contributed by atoms with Crippen LogP contribution in [0, 0.1) is 17.7 Å². The van der Waals surface area contributed by atoms with Crippen LogP contribution in [0.15, 0.2) is 42.9 Å². The molecule has 2 aliphatic rings. The third-order valence-corrected chi connectivity index (χ3v) is 8.35. The van der Waals surface area contributed by atoms with E-state index in [2.05, 4.69) is 15.3 Å². The first-order valence-corrected chi connectivity index (χ1v) is 13.6. The van der Waals surface area contributed by atoms with Crippen molar-refractivity contribution in [1.82, 2.24) is 24.8 Å². The number of hydrogen-bond acceptors (Lipinski definition) is 5. The van der Waals surface area contributed by atoms with Gasteiger partial charge in [0, 0.05) is 30.6 Å². The van der Waals surface area contributed by atoms with Crippen molar-refractivity contribution in [1.29, 1.82) is 0 Å². The number of amides is 1. The Bertz CT molecular complexity index is 1270. The number of carbonyl (C=O) groups is 2. The number of aromatic nitrogens is 3. The van der Waals surface area contributed by atoms with Gasteiger partial charge >= 0.3 is 0 Å². The highest BCUT2D eigenvalue weighted by Crippen LogP contribution is 2.39. The lowest BCUT2D eigenvalue weighted by Crippen LogP contribution is -2.42. The van der Waals surface area contributed by atoms with E-state index in [4.69, 9.17) is 0 Å². The van der Waals surface area contributed by atoms with Crippen molar-refractivity contribution in [3.8, 4) is 5.82 Å². The van der Waals surface area contributed by atoms with Crippen LogP contribution in [0.1, 0.15) is 69.9 Å². The fraction of sp³-hybridized carbons (Fsp3) is 0.517. The third kappa shape index (κ3) is 5.04. The number of likely N-dealkylation sites (N-methyl/N-ethyl adjacent to an activating group) is 1. The minimum atomic E-state index is -0.426. The number of imidazole rings is 1. The molecule has 1 N–H and O–H groups in total. The Morgan fingerprint density at radius 2 is 1.86 bits per heavy atom. The van der Waals surface area contributed by atoms with Crippen molar-refractivity contribution in [3.05, 3.63) is 54.2 Å². The highest BCUT2D eigenvalue weighted by molar-refractivity contribution is 5.90. The zero-order valence-corrected chi connectivity index (χ0v) is 21.7. The quantitative estimate of drug-likeness (QED) is 0.467. The van der Waals surface area contributed by atoms with Gasteiger partial charge in [0.05, 0.1) is 23.1 Å². The molecule has 1 aromatic carbocycles. The van der Waals surface area contributed by atoms with Gasteiger partial charge in [0.25, 0.3) is 0 Å². The number of hydrogen-bond donors (Lipinski definition) is 1. The van der Waals surface area contributed by atoms with E-state index in [1.54, 1.807) is 30.2 Å². The Balaban J connectivity index is 1.45. The van der Waals surface area contributed by atoms with Gasteiger partial charge in [-0.25, -0.2) is 14.4 Å². The lowest BCUT2D eigenvalue weighted by Gasteiger charge is -2.35. The lowest BCUT2D eigenvalue weighted by atomic mass is 9.76. The molecule has 7 nitrogen and oxygen atoms in total. The summed E-state index contributed by atoms with van der Waals surface area (Å²) in [5, 5.41) is 3.02. The van der Waals surface area contributed by atoms with Crippen molar-refractivity contribution in [3.63, 3.8) is 0 Å². The highest BCUT2D eigenvalue weighted by atomic mass is 19.1. The van der Waals surface area contributed by atoms with E-state index in [0.717, 1.165) is 43.1 Å². The smallest absolute Gasteiger partial charge is 0.226 e. The minimum absolute atomic E-state index is 0.00287. The Labute approximate surface area is 217 Å². The topological polar surface area (TPSA) is 80.1 Å². The van der Waals surface area contributed by atoms with Gasteiger partial charge in [-0.15, -0.1) is 0 Å². The predicted octanol–water partition coefficient (Wildman–Crippen LogP) is 4.99. The summed E-state index contributed by atoms with van der Waals surface area (Å²) in [4.78, 5) is 37.6. The van der Waals surface area contributed by atoms with Crippen LogP contribution < -0.4 is 5.32 Å². The van der Waals surface area contributed by atoms with Gasteiger partial charge in [0.1, 0.15) is 12.1 Å². The average molecular weight is 506 g/mol. The van der Waals surface area contributed by atoms with Gasteiger partial charge in [0.2, 0.25) is 5.91 Å². The fourth-order valence-corrected chi connectivity index (χ4v) is 6.11. The monoisotopic (exact) mass is 505 g/mol.